The molecule has 0 radical (unpaired) electrons. The fourth-order valence-corrected chi connectivity index (χ4v) is 1.52. The summed E-state index contributed by atoms with van der Waals surface area (Å²) in [5.74, 6) is 1.15. The van der Waals surface area contributed by atoms with E-state index in [-0.39, 0.29) is 6.10 Å². The lowest BCUT2D eigenvalue weighted by Gasteiger charge is -2.19. The van der Waals surface area contributed by atoms with Crippen LogP contribution in [0.2, 0.25) is 0 Å². The summed E-state index contributed by atoms with van der Waals surface area (Å²) in [6.45, 7) is 8.80. The van der Waals surface area contributed by atoms with Crippen molar-refractivity contribution in [1.29, 1.82) is 0 Å². The van der Waals surface area contributed by atoms with Crippen LogP contribution in [0.25, 0.3) is 0 Å². The topological polar surface area (TPSA) is 49.2 Å². The predicted octanol–water partition coefficient (Wildman–Crippen LogP) is 2.12. The van der Waals surface area contributed by atoms with Gasteiger partial charge in [0.1, 0.15) is 0 Å². The second-order valence-electron chi connectivity index (χ2n) is 4.95. The van der Waals surface area contributed by atoms with E-state index >= 15 is 0 Å². The fraction of sp³-hybridized carbons (Fsp3) is 0.692. The Balaban J connectivity index is 2.82. The Kier molecular flexibility index (Phi) is 4.87. The standard InChI is InChI=1S/C13H23N3O/c1-9(2)12-8-10(3)14-13(15-12)16(5)7-6-11(4)17/h8-9,11,17H,6-7H2,1-5H3. The molecule has 0 aromatic carbocycles. The first-order chi connectivity index (χ1) is 7.90. The average Bonchev–Trinajstić information content (AvgIpc) is 2.24. The molecule has 0 aliphatic heterocycles. The molecule has 0 spiro atoms. The maximum Gasteiger partial charge on any atom is 0.225 e. The van der Waals surface area contributed by atoms with Crippen molar-refractivity contribution in [2.45, 2.75) is 46.1 Å². The minimum Gasteiger partial charge on any atom is -0.393 e. The molecule has 4 heteroatoms. The maximum atomic E-state index is 9.28. The number of aromatic nitrogens is 2. The van der Waals surface area contributed by atoms with Gasteiger partial charge in [0.15, 0.2) is 0 Å². The molecule has 1 atom stereocenters. The number of aliphatic hydroxyl groups excluding tert-OH is 1. The minimum atomic E-state index is -0.285. The van der Waals surface area contributed by atoms with Gasteiger partial charge in [0.05, 0.1) is 6.10 Å². The van der Waals surface area contributed by atoms with Crippen molar-refractivity contribution in [3.63, 3.8) is 0 Å². The largest absolute Gasteiger partial charge is 0.393 e. The van der Waals surface area contributed by atoms with Gasteiger partial charge in [-0.2, -0.15) is 0 Å². The van der Waals surface area contributed by atoms with Gasteiger partial charge in [-0.1, -0.05) is 13.8 Å². The van der Waals surface area contributed by atoms with Gasteiger partial charge in [-0.25, -0.2) is 9.97 Å². The number of aryl methyl sites for hydroxylation is 1. The molecule has 0 saturated heterocycles. The molecule has 17 heavy (non-hydrogen) atoms. The molecule has 1 aromatic rings. The van der Waals surface area contributed by atoms with E-state index in [1.165, 1.54) is 0 Å². The van der Waals surface area contributed by atoms with Gasteiger partial charge in [-0.05, 0) is 32.3 Å². The van der Waals surface area contributed by atoms with E-state index in [1.54, 1.807) is 6.92 Å². The van der Waals surface area contributed by atoms with Crippen LogP contribution in [0.1, 0.15) is 44.5 Å². The molecule has 4 nitrogen and oxygen atoms in total. The molecule has 0 aliphatic carbocycles. The Morgan fingerprint density at radius 3 is 2.47 bits per heavy atom. The summed E-state index contributed by atoms with van der Waals surface area (Å²) in [7, 11) is 1.96. The highest BCUT2D eigenvalue weighted by Gasteiger charge is 2.10. The number of nitrogens with zero attached hydrogens (tertiary/aromatic N) is 3. The second kappa shape index (κ2) is 5.96. The summed E-state index contributed by atoms with van der Waals surface area (Å²) >= 11 is 0. The zero-order chi connectivity index (χ0) is 13.0. The van der Waals surface area contributed by atoms with Crippen LogP contribution >= 0.6 is 0 Å². The molecule has 0 fully saturated rings. The predicted molar refractivity (Wildman–Crippen MR) is 70.4 cm³/mol. The summed E-state index contributed by atoms with van der Waals surface area (Å²) < 4.78 is 0. The monoisotopic (exact) mass is 237 g/mol. The Labute approximate surface area is 104 Å². The number of anilines is 1. The first-order valence-corrected chi connectivity index (χ1v) is 6.15. The van der Waals surface area contributed by atoms with Gasteiger partial charge in [-0.15, -0.1) is 0 Å². The highest BCUT2D eigenvalue weighted by atomic mass is 16.3. The van der Waals surface area contributed by atoms with E-state index in [0.29, 0.717) is 5.92 Å². The van der Waals surface area contributed by atoms with Crippen LogP contribution in [-0.4, -0.2) is 34.8 Å². The SMILES string of the molecule is Cc1cc(C(C)C)nc(N(C)CCC(C)O)n1. The Morgan fingerprint density at radius 1 is 1.29 bits per heavy atom. The van der Waals surface area contributed by atoms with Gasteiger partial charge in [0.25, 0.3) is 0 Å². The molecule has 0 bridgehead atoms. The third-order valence-electron chi connectivity index (χ3n) is 2.68. The molecular formula is C13H23N3O. The van der Waals surface area contributed by atoms with Crippen LogP contribution in [0.5, 0.6) is 0 Å². The van der Waals surface area contributed by atoms with Gasteiger partial charge < -0.3 is 10.0 Å². The molecule has 1 N–H and O–H groups in total. The normalized spacial score (nSPS) is 12.9. The van der Waals surface area contributed by atoms with Gasteiger partial charge >= 0.3 is 0 Å². The van der Waals surface area contributed by atoms with E-state index in [4.69, 9.17) is 0 Å². The molecule has 0 amide bonds. The molecule has 1 aromatic heterocycles. The lowest BCUT2D eigenvalue weighted by Crippen LogP contribution is -2.24. The lowest BCUT2D eigenvalue weighted by atomic mass is 10.1. The molecule has 1 heterocycles. The van der Waals surface area contributed by atoms with Crippen molar-refractivity contribution in [2.24, 2.45) is 0 Å². The summed E-state index contributed by atoms with van der Waals surface area (Å²) in [5.41, 5.74) is 2.05. The van der Waals surface area contributed by atoms with Crippen molar-refractivity contribution in [3.8, 4) is 0 Å². The summed E-state index contributed by atoms with van der Waals surface area (Å²) in [6.07, 6.45) is 0.442. The maximum absolute atomic E-state index is 9.28. The van der Waals surface area contributed by atoms with Crippen LogP contribution in [0.3, 0.4) is 0 Å². The average molecular weight is 237 g/mol. The fourth-order valence-electron chi connectivity index (χ4n) is 1.52. The Hall–Kier alpha value is -1.16. The number of rotatable bonds is 5. The van der Waals surface area contributed by atoms with Crippen LogP contribution < -0.4 is 4.90 Å². The molecule has 0 saturated carbocycles. The highest BCUT2D eigenvalue weighted by molar-refractivity contribution is 5.31. The molecule has 1 rings (SSSR count). The zero-order valence-corrected chi connectivity index (χ0v) is 11.4. The third-order valence-corrected chi connectivity index (χ3v) is 2.68. The number of hydrogen-bond donors (Lipinski definition) is 1. The van der Waals surface area contributed by atoms with Crippen molar-refractivity contribution in [2.75, 3.05) is 18.5 Å². The van der Waals surface area contributed by atoms with E-state index < -0.39 is 0 Å². The Bertz CT molecular complexity index is 364. The van der Waals surface area contributed by atoms with Crippen molar-refractivity contribution in [3.05, 3.63) is 17.5 Å². The van der Waals surface area contributed by atoms with E-state index in [1.807, 2.05) is 24.9 Å². The first kappa shape index (κ1) is 13.9. The van der Waals surface area contributed by atoms with Gasteiger partial charge in [0, 0.05) is 25.0 Å². The highest BCUT2D eigenvalue weighted by Crippen LogP contribution is 2.16. The Morgan fingerprint density at radius 2 is 1.94 bits per heavy atom. The second-order valence-corrected chi connectivity index (χ2v) is 4.95. The van der Waals surface area contributed by atoms with E-state index in [9.17, 15) is 5.11 Å². The van der Waals surface area contributed by atoms with Crippen LogP contribution in [0, 0.1) is 6.92 Å². The smallest absolute Gasteiger partial charge is 0.225 e. The summed E-state index contributed by atoms with van der Waals surface area (Å²) in [4.78, 5) is 11.0. The summed E-state index contributed by atoms with van der Waals surface area (Å²) in [6, 6.07) is 2.02. The van der Waals surface area contributed by atoms with Crippen LogP contribution in [0.15, 0.2) is 6.07 Å². The van der Waals surface area contributed by atoms with Crippen molar-refractivity contribution >= 4 is 5.95 Å². The molecule has 96 valence electrons. The lowest BCUT2D eigenvalue weighted by molar-refractivity contribution is 0.186. The first-order valence-electron chi connectivity index (χ1n) is 6.15. The minimum absolute atomic E-state index is 0.285. The molecular weight excluding hydrogens is 214 g/mol. The van der Waals surface area contributed by atoms with E-state index in [2.05, 4.69) is 23.8 Å². The summed E-state index contributed by atoms with van der Waals surface area (Å²) in [5, 5.41) is 9.28. The molecule has 1 unspecified atom stereocenters. The van der Waals surface area contributed by atoms with Crippen LogP contribution in [-0.2, 0) is 0 Å². The van der Waals surface area contributed by atoms with E-state index in [0.717, 1.165) is 30.3 Å². The zero-order valence-electron chi connectivity index (χ0n) is 11.4. The quantitative estimate of drug-likeness (QED) is 0.852. The van der Waals surface area contributed by atoms with Crippen LogP contribution in [0.4, 0.5) is 5.95 Å². The van der Waals surface area contributed by atoms with Gasteiger partial charge in [0.2, 0.25) is 5.95 Å². The third kappa shape index (κ3) is 4.30. The van der Waals surface area contributed by atoms with Gasteiger partial charge in [-0.3, -0.25) is 0 Å². The van der Waals surface area contributed by atoms with Crippen molar-refractivity contribution in [1.82, 2.24) is 9.97 Å². The number of aliphatic hydroxyl groups is 1. The van der Waals surface area contributed by atoms with Crippen molar-refractivity contribution < 1.29 is 5.11 Å². The molecule has 0 aliphatic rings. The number of hydrogen-bond acceptors (Lipinski definition) is 4.